The summed E-state index contributed by atoms with van der Waals surface area (Å²) < 4.78 is 11.8. The van der Waals surface area contributed by atoms with Crippen LogP contribution in [0.15, 0.2) is 37.5 Å². The zero-order chi connectivity index (χ0) is 16.0. The van der Waals surface area contributed by atoms with Crippen LogP contribution in [0.4, 0.5) is 0 Å². The van der Waals surface area contributed by atoms with Crippen LogP contribution < -0.4 is 0 Å². The minimum absolute atomic E-state index is 0.280. The van der Waals surface area contributed by atoms with E-state index < -0.39 is 13.5 Å². The Balaban J connectivity index is 5.62. The molecule has 0 aliphatic heterocycles. The Kier molecular flexibility index (Phi) is 6.21. The fraction of sp³-hybridized carbons (Fsp3) is 0.571. The van der Waals surface area contributed by atoms with Gasteiger partial charge in [-0.3, -0.25) is 10.1 Å². The van der Waals surface area contributed by atoms with E-state index in [-0.39, 0.29) is 10.1 Å². The molecular formula is C14H25NO4Si. The third-order valence-corrected chi connectivity index (χ3v) is 7.73. The van der Waals surface area contributed by atoms with Crippen molar-refractivity contribution in [2.45, 2.75) is 51.6 Å². The molecule has 0 unspecified atom stereocenters. The SMILES string of the molecule is C=C/C=C/O[Si](O/C=C/[N+](=O)[O-])(C(C)(C)C)C(C)(C)C. The zero-order valence-corrected chi connectivity index (χ0v) is 14.2. The fourth-order valence-electron chi connectivity index (χ4n) is 2.23. The van der Waals surface area contributed by atoms with Gasteiger partial charge in [-0.15, -0.1) is 0 Å². The van der Waals surface area contributed by atoms with E-state index in [0.29, 0.717) is 0 Å². The molecule has 0 radical (unpaired) electrons. The zero-order valence-electron chi connectivity index (χ0n) is 13.2. The van der Waals surface area contributed by atoms with Crippen molar-refractivity contribution in [1.82, 2.24) is 0 Å². The van der Waals surface area contributed by atoms with E-state index >= 15 is 0 Å². The minimum Gasteiger partial charge on any atom is -0.518 e. The highest BCUT2D eigenvalue weighted by atomic mass is 28.4. The molecule has 0 saturated carbocycles. The molecule has 0 aromatic carbocycles. The molecule has 0 aromatic rings. The van der Waals surface area contributed by atoms with Crippen molar-refractivity contribution < 1.29 is 13.8 Å². The summed E-state index contributed by atoms with van der Waals surface area (Å²) in [5.74, 6) is 0. The predicted octanol–water partition coefficient (Wildman–Crippen LogP) is 4.51. The Morgan fingerprint density at radius 1 is 1.05 bits per heavy atom. The summed E-state index contributed by atoms with van der Waals surface area (Å²) in [5, 5.41) is 9.87. The van der Waals surface area contributed by atoms with Crippen molar-refractivity contribution in [2.75, 3.05) is 0 Å². The second-order valence-electron chi connectivity index (χ2n) is 6.49. The van der Waals surface area contributed by atoms with Gasteiger partial charge in [0, 0.05) is 10.1 Å². The third-order valence-electron chi connectivity index (χ3n) is 2.84. The van der Waals surface area contributed by atoms with E-state index in [2.05, 4.69) is 6.58 Å². The largest absolute Gasteiger partial charge is 0.518 e. The number of rotatable bonds is 6. The molecule has 0 fully saturated rings. The van der Waals surface area contributed by atoms with Crippen LogP contribution in [0.2, 0.25) is 10.1 Å². The monoisotopic (exact) mass is 299 g/mol. The molecule has 0 bridgehead atoms. The van der Waals surface area contributed by atoms with Gasteiger partial charge in [0.2, 0.25) is 0 Å². The van der Waals surface area contributed by atoms with Crippen molar-refractivity contribution in [2.24, 2.45) is 0 Å². The first-order chi connectivity index (χ1) is 8.98. The van der Waals surface area contributed by atoms with E-state index in [1.54, 1.807) is 18.4 Å². The lowest BCUT2D eigenvalue weighted by Gasteiger charge is -2.46. The molecule has 0 atom stereocenters. The van der Waals surface area contributed by atoms with Gasteiger partial charge in [-0.1, -0.05) is 54.2 Å². The Morgan fingerprint density at radius 3 is 1.85 bits per heavy atom. The average molecular weight is 299 g/mol. The molecule has 0 aliphatic rings. The van der Waals surface area contributed by atoms with Gasteiger partial charge in [-0.05, 0) is 6.08 Å². The second-order valence-corrected chi connectivity index (χ2v) is 11.2. The molecule has 0 spiro atoms. The molecule has 0 heterocycles. The fourth-order valence-corrected chi connectivity index (χ4v) is 6.47. The van der Waals surface area contributed by atoms with E-state index in [0.717, 1.165) is 12.5 Å². The first kappa shape index (κ1) is 18.4. The summed E-state index contributed by atoms with van der Waals surface area (Å²) in [6, 6.07) is 0. The molecule has 114 valence electrons. The standard InChI is InChI=1S/C14H25NO4Si/c1-8-9-11-18-20(13(2,3)4,14(5,6)7)19-12-10-15(16)17/h8-12H,1H2,2-7H3/b11-9+,12-10+. The van der Waals surface area contributed by atoms with Gasteiger partial charge in [0.25, 0.3) is 6.20 Å². The van der Waals surface area contributed by atoms with Crippen LogP contribution in [0.25, 0.3) is 0 Å². The van der Waals surface area contributed by atoms with Crippen LogP contribution in [-0.4, -0.2) is 13.5 Å². The topological polar surface area (TPSA) is 61.6 Å². The average Bonchev–Trinajstić information content (AvgIpc) is 2.23. The van der Waals surface area contributed by atoms with Gasteiger partial charge in [-0.25, -0.2) is 0 Å². The third kappa shape index (κ3) is 4.52. The van der Waals surface area contributed by atoms with Gasteiger partial charge >= 0.3 is 8.56 Å². The van der Waals surface area contributed by atoms with Crippen molar-refractivity contribution in [3.05, 3.63) is 47.6 Å². The first-order valence-electron chi connectivity index (χ1n) is 6.41. The summed E-state index contributed by atoms with van der Waals surface area (Å²) >= 11 is 0. The molecule has 6 heteroatoms. The van der Waals surface area contributed by atoms with Gasteiger partial charge in [0.05, 0.1) is 11.2 Å². The summed E-state index contributed by atoms with van der Waals surface area (Å²) in [4.78, 5) is 9.88. The Bertz CT molecular complexity index is 388. The highest BCUT2D eigenvalue weighted by Gasteiger charge is 2.61. The molecule has 0 aliphatic carbocycles. The molecule has 0 N–H and O–H groups in total. The van der Waals surface area contributed by atoms with Crippen molar-refractivity contribution in [3.8, 4) is 0 Å². The Hall–Kier alpha value is -1.56. The normalized spacial score (nSPS) is 13.7. The number of nitro groups is 1. The second kappa shape index (κ2) is 6.74. The van der Waals surface area contributed by atoms with Crippen molar-refractivity contribution in [3.63, 3.8) is 0 Å². The van der Waals surface area contributed by atoms with Gasteiger partial charge in [0.15, 0.2) is 0 Å². The molecule has 20 heavy (non-hydrogen) atoms. The van der Waals surface area contributed by atoms with Gasteiger partial charge in [0.1, 0.15) is 6.26 Å². The number of nitrogens with zero attached hydrogens (tertiary/aromatic N) is 1. The number of hydrogen-bond donors (Lipinski definition) is 0. The van der Waals surface area contributed by atoms with Gasteiger partial charge < -0.3 is 8.85 Å². The van der Waals surface area contributed by atoms with Gasteiger partial charge in [-0.2, -0.15) is 0 Å². The first-order valence-corrected chi connectivity index (χ1v) is 8.23. The van der Waals surface area contributed by atoms with Crippen LogP contribution in [0, 0.1) is 10.1 Å². The molecule has 0 rings (SSSR count). The summed E-state index contributed by atoms with van der Waals surface area (Å²) in [6.07, 6.45) is 6.76. The van der Waals surface area contributed by atoms with Crippen LogP contribution in [0.3, 0.4) is 0 Å². The van der Waals surface area contributed by atoms with E-state index in [9.17, 15) is 10.1 Å². The van der Waals surface area contributed by atoms with Crippen LogP contribution in [0.5, 0.6) is 0 Å². The summed E-state index contributed by atoms with van der Waals surface area (Å²) in [7, 11) is -2.83. The lowest BCUT2D eigenvalue weighted by atomic mass is 10.2. The maximum absolute atomic E-state index is 10.4. The maximum atomic E-state index is 10.4. The van der Waals surface area contributed by atoms with Crippen molar-refractivity contribution in [1.29, 1.82) is 0 Å². The minimum atomic E-state index is -2.83. The predicted molar refractivity (Wildman–Crippen MR) is 82.8 cm³/mol. The molecule has 5 nitrogen and oxygen atoms in total. The molecule has 0 amide bonds. The van der Waals surface area contributed by atoms with E-state index in [4.69, 9.17) is 8.85 Å². The van der Waals surface area contributed by atoms with Crippen LogP contribution in [0.1, 0.15) is 41.5 Å². The van der Waals surface area contributed by atoms with Crippen LogP contribution >= 0.6 is 0 Å². The molecular weight excluding hydrogens is 274 g/mol. The molecule has 0 saturated heterocycles. The highest BCUT2D eigenvalue weighted by Crippen LogP contribution is 2.52. The maximum Gasteiger partial charge on any atom is 0.471 e. The Labute approximate surface area is 122 Å². The van der Waals surface area contributed by atoms with E-state index in [1.807, 2.05) is 41.5 Å². The smallest absolute Gasteiger partial charge is 0.471 e. The number of allylic oxidation sites excluding steroid dienone is 2. The molecule has 0 aromatic heterocycles. The summed E-state index contributed by atoms with van der Waals surface area (Å²) in [6.45, 7) is 15.7. The highest BCUT2D eigenvalue weighted by molar-refractivity contribution is 6.73. The van der Waals surface area contributed by atoms with Crippen LogP contribution in [-0.2, 0) is 8.85 Å². The summed E-state index contributed by atoms with van der Waals surface area (Å²) in [5.41, 5.74) is 0. The lowest BCUT2D eigenvalue weighted by Crippen LogP contribution is -2.55. The van der Waals surface area contributed by atoms with Crippen molar-refractivity contribution >= 4 is 8.56 Å². The Morgan fingerprint density at radius 2 is 1.50 bits per heavy atom. The quantitative estimate of drug-likeness (QED) is 0.238. The van der Waals surface area contributed by atoms with E-state index in [1.165, 1.54) is 0 Å². The lowest BCUT2D eigenvalue weighted by molar-refractivity contribution is -0.403. The number of hydrogen-bond acceptors (Lipinski definition) is 4.